The number of hydrogen-bond acceptors (Lipinski definition) is 6. The van der Waals surface area contributed by atoms with Gasteiger partial charge in [0.2, 0.25) is 5.95 Å². The highest BCUT2D eigenvalue weighted by Crippen LogP contribution is 2.30. The van der Waals surface area contributed by atoms with E-state index < -0.39 is 0 Å². The van der Waals surface area contributed by atoms with Crippen molar-refractivity contribution in [3.8, 4) is 5.75 Å². The Labute approximate surface area is 207 Å². The minimum absolute atomic E-state index is 0.368. The molecule has 1 heterocycles. The Morgan fingerprint density at radius 2 is 1.77 bits per heavy atom. The Bertz CT molecular complexity index is 1190. The van der Waals surface area contributed by atoms with E-state index in [0.29, 0.717) is 24.3 Å². The fraction of sp³-hybridized carbons (Fsp3) is 0.464. The van der Waals surface area contributed by atoms with Gasteiger partial charge in [0.15, 0.2) is 0 Å². The second-order valence-corrected chi connectivity index (χ2v) is 10.0. The third-order valence-corrected chi connectivity index (χ3v) is 7.23. The summed E-state index contributed by atoms with van der Waals surface area (Å²) in [5, 5.41) is 8.74. The van der Waals surface area contributed by atoms with E-state index in [1.807, 2.05) is 42.5 Å². The monoisotopic (exact) mass is 473 g/mol. The van der Waals surface area contributed by atoms with E-state index >= 15 is 0 Å². The van der Waals surface area contributed by atoms with E-state index in [0.717, 1.165) is 61.1 Å². The number of ether oxygens (including phenoxy) is 1. The minimum atomic E-state index is -0.390. The van der Waals surface area contributed by atoms with Crippen LogP contribution in [-0.2, 0) is 12.8 Å². The maximum atomic E-state index is 12.3. The average Bonchev–Trinajstić information content (AvgIpc) is 2.87. The fourth-order valence-corrected chi connectivity index (χ4v) is 5.30. The maximum Gasteiger partial charge on any atom is 0.412 e. The summed E-state index contributed by atoms with van der Waals surface area (Å²) in [6.07, 6.45) is 8.35. The molecule has 0 atom stereocenters. The number of nitrogens with zero attached hydrogens (tertiary/aromatic N) is 3. The zero-order valence-electron chi connectivity index (χ0n) is 20.7. The molecule has 0 radical (unpaired) electrons. The number of carbonyl (C=O) groups excluding carboxylic acids is 1. The van der Waals surface area contributed by atoms with E-state index in [2.05, 4.69) is 29.6 Å². The van der Waals surface area contributed by atoms with Crippen molar-refractivity contribution in [1.82, 2.24) is 15.3 Å². The predicted molar refractivity (Wildman–Crippen MR) is 140 cm³/mol. The second-order valence-electron chi connectivity index (χ2n) is 10.0. The van der Waals surface area contributed by atoms with Crippen LogP contribution in [0.3, 0.4) is 0 Å². The van der Waals surface area contributed by atoms with Gasteiger partial charge < -0.3 is 20.3 Å². The Hall–Kier alpha value is -3.35. The normalized spacial score (nSPS) is 19.6. The summed E-state index contributed by atoms with van der Waals surface area (Å²) in [7, 11) is 4.12. The lowest BCUT2D eigenvalue weighted by Crippen LogP contribution is -2.35. The molecule has 0 bridgehead atoms. The number of carbonyl (C=O) groups is 1. The molecule has 0 unspecified atom stereocenters. The smallest absolute Gasteiger partial charge is 0.410 e. The third kappa shape index (κ3) is 5.66. The second kappa shape index (κ2) is 10.5. The van der Waals surface area contributed by atoms with Crippen molar-refractivity contribution in [2.45, 2.75) is 57.4 Å². The van der Waals surface area contributed by atoms with Crippen LogP contribution >= 0.6 is 0 Å². The van der Waals surface area contributed by atoms with Gasteiger partial charge in [-0.3, -0.25) is 0 Å². The Morgan fingerprint density at radius 1 is 1.00 bits per heavy atom. The fourth-order valence-electron chi connectivity index (χ4n) is 5.30. The standard InChI is InChI=1S/C28H35N5O2/c1-33(2)26-24-9-5-6-10-25(24)31-27(32-26)30-22-14-11-19(12-15-22)18-29-28(34)35-23-16-13-20-7-3-4-8-21(20)17-23/h3-4,7-8,13,16-17,19,22H,5-6,9-12,14-15,18H2,1-2H3,(H,29,34)(H,30,31,32). The minimum Gasteiger partial charge on any atom is -0.410 e. The summed E-state index contributed by atoms with van der Waals surface area (Å²) in [6, 6.07) is 14.1. The number of benzene rings is 2. The van der Waals surface area contributed by atoms with E-state index in [-0.39, 0.29) is 6.09 Å². The molecule has 0 spiro atoms. The van der Waals surface area contributed by atoms with Gasteiger partial charge in [0, 0.05) is 32.2 Å². The van der Waals surface area contributed by atoms with Gasteiger partial charge in [0.25, 0.3) is 0 Å². The van der Waals surface area contributed by atoms with Gasteiger partial charge in [-0.1, -0.05) is 30.3 Å². The first-order chi connectivity index (χ1) is 17.0. The molecule has 2 aliphatic rings. The Morgan fingerprint density at radius 3 is 2.57 bits per heavy atom. The summed E-state index contributed by atoms with van der Waals surface area (Å²) in [4.78, 5) is 24.2. The van der Waals surface area contributed by atoms with Gasteiger partial charge in [0.05, 0.1) is 5.69 Å². The van der Waals surface area contributed by atoms with Crippen molar-refractivity contribution in [1.29, 1.82) is 0 Å². The highest BCUT2D eigenvalue weighted by molar-refractivity contribution is 5.84. The van der Waals surface area contributed by atoms with Gasteiger partial charge in [-0.2, -0.15) is 4.98 Å². The van der Waals surface area contributed by atoms with Crippen LogP contribution in [0, 0.1) is 5.92 Å². The molecule has 2 aliphatic carbocycles. The van der Waals surface area contributed by atoms with Crippen LogP contribution in [0.1, 0.15) is 49.8 Å². The summed E-state index contributed by atoms with van der Waals surface area (Å²) < 4.78 is 5.51. The lowest BCUT2D eigenvalue weighted by atomic mass is 9.86. The molecule has 184 valence electrons. The SMILES string of the molecule is CN(C)c1nc(NC2CCC(CNC(=O)Oc3ccc4ccccc4c3)CC2)nc2c1CCCC2. The van der Waals surface area contributed by atoms with Gasteiger partial charge in [0.1, 0.15) is 11.6 Å². The molecule has 0 saturated heterocycles. The van der Waals surface area contributed by atoms with Crippen LogP contribution in [-0.4, -0.2) is 42.7 Å². The van der Waals surface area contributed by atoms with Crippen molar-refractivity contribution in [2.24, 2.45) is 5.92 Å². The van der Waals surface area contributed by atoms with Crippen LogP contribution in [0.25, 0.3) is 10.8 Å². The van der Waals surface area contributed by atoms with Crippen LogP contribution in [0.2, 0.25) is 0 Å². The quantitative estimate of drug-likeness (QED) is 0.504. The first-order valence-corrected chi connectivity index (χ1v) is 12.8. The van der Waals surface area contributed by atoms with Crippen molar-refractivity contribution >= 4 is 28.6 Å². The number of anilines is 2. The molecule has 0 aliphatic heterocycles. The first kappa shape index (κ1) is 23.4. The first-order valence-electron chi connectivity index (χ1n) is 12.8. The summed E-state index contributed by atoms with van der Waals surface area (Å²) in [5.74, 6) is 2.84. The van der Waals surface area contributed by atoms with E-state index in [1.165, 1.54) is 24.1 Å². The van der Waals surface area contributed by atoms with Crippen LogP contribution in [0.4, 0.5) is 16.6 Å². The van der Waals surface area contributed by atoms with Crippen molar-refractivity contribution in [2.75, 3.05) is 30.9 Å². The molecule has 2 N–H and O–H groups in total. The average molecular weight is 474 g/mol. The molecule has 3 aromatic rings. The summed E-state index contributed by atoms with van der Waals surface area (Å²) in [5.41, 5.74) is 2.53. The molecule has 1 fully saturated rings. The number of amides is 1. The number of hydrogen-bond donors (Lipinski definition) is 2. The van der Waals surface area contributed by atoms with Gasteiger partial charge in [-0.15, -0.1) is 0 Å². The lowest BCUT2D eigenvalue weighted by molar-refractivity contribution is 0.196. The molecule has 1 aromatic heterocycles. The number of rotatable bonds is 6. The zero-order valence-corrected chi connectivity index (χ0v) is 20.7. The molecular formula is C28H35N5O2. The van der Waals surface area contributed by atoms with Gasteiger partial charge in [-0.05, 0) is 80.2 Å². The van der Waals surface area contributed by atoms with Crippen LogP contribution < -0.4 is 20.3 Å². The van der Waals surface area contributed by atoms with E-state index in [9.17, 15) is 4.79 Å². The van der Waals surface area contributed by atoms with Crippen molar-refractivity contribution < 1.29 is 9.53 Å². The number of aromatic nitrogens is 2. The largest absolute Gasteiger partial charge is 0.412 e. The molecule has 7 heteroatoms. The summed E-state index contributed by atoms with van der Waals surface area (Å²) >= 11 is 0. The zero-order chi connectivity index (χ0) is 24.2. The molecular weight excluding hydrogens is 438 g/mol. The lowest BCUT2D eigenvalue weighted by Gasteiger charge is -2.30. The molecule has 2 aromatic carbocycles. The highest BCUT2D eigenvalue weighted by atomic mass is 16.6. The van der Waals surface area contributed by atoms with Crippen LogP contribution in [0.5, 0.6) is 5.75 Å². The Kier molecular flexibility index (Phi) is 7.02. The number of fused-ring (bicyclic) bond motifs is 2. The van der Waals surface area contributed by atoms with Gasteiger partial charge >= 0.3 is 6.09 Å². The summed E-state index contributed by atoms with van der Waals surface area (Å²) in [6.45, 7) is 0.638. The maximum absolute atomic E-state index is 12.3. The van der Waals surface area contributed by atoms with Gasteiger partial charge in [-0.25, -0.2) is 9.78 Å². The van der Waals surface area contributed by atoms with Crippen LogP contribution in [0.15, 0.2) is 42.5 Å². The molecule has 1 saturated carbocycles. The highest BCUT2D eigenvalue weighted by Gasteiger charge is 2.24. The number of aryl methyl sites for hydroxylation is 1. The molecule has 1 amide bonds. The molecule has 35 heavy (non-hydrogen) atoms. The predicted octanol–water partition coefficient (Wildman–Crippen LogP) is 5.33. The Balaban J connectivity index is 1.10. The molecule has 5 rings (SSSR count). The topological polar surface area (TPSA) is 79.4 Å². The number of nitrogens with one attached hydrogen (secondary N) is 2. The molecule has 7 nitrogen and oxygen atoms in total. The van der Waals surface area contributed by atoms with E-state index in [1.54, 1.807) is 0 Å². The van der Waals surface area contributed by atoms with Crippen molar-refractivity contribution in [3.63, 3.8) is 0 Å². The third-order valence-electron chi connectivity index (χ3n) is 7.23. The van der Waals surface area contributed by atoms with E-state index in [4.69, 9.17) is 14.7 Å². The van der Waals surface area contributed by atoms with Crippen molar-refractivity contribution in [3.05, 3.63) is 53.7 Å².